The summed E-state index contributed by atoms with van der Waals surface area (Å²) in [4.78, 5) is 22.7. The Balaban J connectivity index is 1.68. The number of nitrogens with one attached hydrogen (secondary N) is 1. The van der Waals surface area contributed by atoms with Gasteiger partial charge in [-0.05, 0) is 42.3 Å². The molecule has 0 heterocycles. The standard InChI is InChI=1S/C23H21N3O5/c1-2-30-22-14-18(12-13-21(22)31-16-17-8-4-3-5-9-17)15-24-25-23(27)19-10-6-7-11-20(19)26(28)29/h3-15H,2,16H2,1H3,(H,25,27)/b24-15-. The van der Waals surface area contributed by atoms with Crippen molar-refractivity contribution in [2.75, 3.05) is 6.61 Å². The molecular weight excluding hydrogens is 398 g/mol. The van der Waals surface area contributed by atoms with E-state index in [1.54, 1.807) is 24.3 Å². The first-order valence-corrected chi connectivity index (χ1v) is 9.59. The highest BCUT2D eigenvalue weighted by atomic mass is 16.6. The van der Waals surface area contributed by atoms with E-state index in [0.29, 0.717) is 30.3 Å². The Kier molecular flexibility index (Phi) is 7.31. The van der Waals surface area contributed by atoms with Crippen LogP contribution in [0.5, 0.6) is 11.5 Å². The lowest BCUT2D eigenvalue weighted by molar-refractivity contribution is -0.385. The summed E-state index contributed by atoms with van der Waals surface area (Å²) in [6, 6.07) is 20.7. The summed E-state index contributed by atoms with van der Waals surface area (Å²) in [6.07, 6.45) is 1.43. The van der Waals surface area contributed by atoms with E-state index < -0.39 is 10.8 Å². The van der Waals surface area contributed by atoms with E-state index in [9.17, 15) is 14.9 Å². The van der Waals surface area contributed by atoms with Crippen molar-refractivity contribution in [3.8, 4) is 11.5 Å². The molecule has 0 atom stereocenters. The van der Waals surface area contributed by atoms with E-state index in [2.05, 4.69) is 10.5 Å². The van der Waals surface area contributed by atoms with Gasteiger partial charge in [0.05, 0.1) is 17.7 Å². The first kappa shape index (κ1) is 21.5. The monoisotopic (exact) mass is 419 g/mol. The predicted octanol–water partition coefficient (Wildman–Crippen LogP) is 4.34. The van der Waals surface area contributed by atoms with Gasteiger partial charge in [-0.15, -0.1) is 0 Å². The third-order valence-corrected chi connectivity index (χ3v) is 4.23. The van der Waals surface area contributed by atoms with E-state index in [4.69, 9.17) is 9.47 Å². The largest absolute Gasteiger partial charge is 0.490 e. The molecule has 0 aromatic heterocycles. The third-order valence-electron chi connectivity index (χ3n) is 4.23. The Morgan fingerprint density at radius 3 is 2.52 bits per heavy atom. The van der Waals surface area contributed by atoms with Crippen molar-refractivity contribution < 1.29 is 19.2 Å². The van der Waals surface area contributed by atoms with Crippen molar-refractivity contribution in [2.45, 2.75) is 13.5 Å². The quantitative estimate of drug-likeness (QED) is 0.316. The number of para-hydroxylation sites is 1. The van der Waals surface area contributed by atoms with Crippen molar-refractivity contribution in [1.29, 1.82) is 0 Å². The topological polar surface area (TPSA) is 103 Å². The Morgan fingerprint density at radius 1 is 1.03 bits per heavy atom. The summed E-state index contributed by atoms with van der Waals surface area (Å²) in [5.41, 5.74) is 3.66. The van der Waals surface area contributed by atoms with Gasteiger partial charge < -0.3 is 9.47 Å². The average molecular weight is 419 g/mol. The lowest BCUT2D eigenvalue weighted by atomic mass is 10.2. The van der Waals surface area contributed by atoms with Crippen LogP contribution in [0.1, 0.15) is 28.4 Å². The Labute approximate surface area is 179 Å². The number of amides is 1. The van der Waals surface area contributed by atoms with Gasteiger partial charge in [-0.25, -0.2) is 5.43 Å². The van der Waals surface area contributed by atoms with Crippen LogP contribution < -0.4 is 14.9 Å². The molecule has 0 fully saturated rings. The number of hydrogen-bond acceptors (Lipinski definition) is 6. The Hall–Kier alpha value is -4.20. The number of hydrogen-bond donors (Lipinski definition) is 1. The number of ether oxygens (including phenoxy) is 2. The normalized spacial score (nSPS) is 10.6. The molecule has 3 aromatic carbocycles. The van der Waals surface area contributed by atoms with Gasteiger partial charge in [0.15, 0.2) is 11.5 Å². The highest BCUT2D eigenvalue weighted by molar-refractivity contribution is 5.98. The van der Waals surface area contributed by atoms with Crippen LogP contribution in [0.15, 0.2) is 77.9 Å². The number of nitro groups is 1. The molecule has 31 heavy (non-hydrogen) atoms. The zero-order chi connectivity index (χ0) is 22.1. The van der Waals surface area contributed by atoms with Gasteiger partial charge in [0.1, 0.15) is 12.2 Å². The van der Waals surface area contributed by atoms with E-state index >= 15 is 0 Å². The van der Waals surface area contributed by atoms with Crippen LogP contribution in [-0.4, -0.2) is 23.7 Å². The van der Waals surface area contributed by atoms with Gasteiger partial charge >= 0.3 is 0 Å². The van der Waals surface area contributed by atoms with E-state index in [-0.39, 0.29) is 11.3 Å². The lowest BCUT2D eigenvalue weighted by Gasteiger charge is -2.12. The molecule has 8 nitrogen and oxygen atoms in total. The van der Waals surface area contributed by atoms with Gasteiger partial charge in [-0.2, -0.15) is 5.10 Å². The summed E-state index contributed by atoms with van der Waals surface area (Å²) >= 11 is 0. The zero-order valence-corrected chi connectivity index (χ0v) is 16.9. The molecule has 3 rings (SSSR count). The molecule has 0 saturated heterocycles. The fraction of sp³-hybridized carbons (Fsp3) is 0.130. The summed E-state index contributed by atoms with van der Waals surface area (Å²) in [5.74, 6) is 0.468. The second-order valence-corrected chi connectivity index (χ2v) is 6.39. The maximum Gasteiger partial charge on any atom is 0.282 e. The number of nitrogens with zero attached hydrogens (tertiary/aromatic N) is 2. The molecule has 0 aliphatic heterocycles. The van der Waals surface area contributed by atoms with Gasteiger partial charge in [-0.3, -0.25) is 14.9 Å². The first-order chi connectivity index (χ1) is 15.1. The van der Waals surface area contributed by atoms with Gasteiger partial charge in [0.2, 0.25) is 0 Å². The smallest absolute Gasteiger partial charge is 0.282 e. The molecule has 0 bridgehead atoms. The average Bonchev–Trinajstić information content (AvgIpc) is 2.79. The molecule has 0 unspecified atom stereocenters. The van der Waals surface area contributed by atoms with Crippen LogP contribution in [-0.2, 0) is 6.61 Å². The molecule has 0 saturated carbocycles. The zero-order valence-electron chi connectivity index (χ0n) is 16.9. The number of carbonyl (C=O) groups excluding carboxylic acids is 1. The van der Waals surface area contributed by atoms with Crippen LogP contribution >= 0.6 is 0 Å². The molecule has 158 valence electrons. The summed E-state index contributed by atoms with van der Waals surface area (Å²) < 4.78 is 11.5. The molecule has 0 aliphatic carbocycles. The fourth-order valence-electron chi connectivity index (χ4n) is 2.78. The number of carbonyl (C=O) groups is 1. The number of rotatable bonds is 9. The summed E-state index contributed by atoms with van der Waals surface area (Å²) in [6.45, 7) is 2.73. The first-order valence-electron chi connectivity index (χ1n) is 9.59. The van der Waals surface area contributed by atoms with Crippen LogP contribution in [0.3, 0.4) is 0 Å². The number of nitro benzene ring substituents is 1. The van der Waals surface area contributed by atoms with E-state index in [1.165, 1.54) is 24.4 Å². The van der Waals surface area contributed by atoms with Gasteiger partial charge in [0, 0.05) is 6.07 Å². The van der Waals surface area contributed by atoms with E-state index in [0.717, 1.165) is 5.56 Å². The fourth-order valence-corrected chi connectivity index (χ4v) is 2.78. The van der Waals surface area contributed by atoms with Crippen molar-refractivity contribution in [2.24, 2.45) is 5.10 Å². The van der Waals surface area contributed by atoms with Crippen LogP contribution in [0.4, 0.5) is 5.69 Å². The second kappa shape index (κ2) is 10.5. The maximum atomic E-state index is 12.2. The lowest BCUT2D eigenvalue weighted by Crippen LogP contribution is -2.18. The molecule has 1 amide bonds. The summed E-state index contributed by atoms with van der Waals surface area (Å²) in [7, 11) is 0. The van der Waals surface area contributed by atoms with Gasteiger partial charge in [-0.1, -0.05) is 42.5 Å². The molecule has 1 N–H and O–H groups in total. The number of hydrazone groups is 1. The molecule has 3 aromatic rings. The number of benzene rings is 3. The minimum absolute atomic E-state index is 0.0654. The van der Waals surface area contributed by atoms with Crippen LogP contribution in [0.25, 0.3) is 0 Å². The molecule has 0 radical (unpaired) electrons. The van der Waals surface area contributed by atoms with Crippen LogP contribution in [0.2, 0.25) is 0 Å². The molecule has 0 aliphatic rings. The summed E-state index contributed by atoms with van der Waals surface area (Å²) in [5, 5.41) is 15.0. The SMILES string of the molecule is CCOc1cc(/C=N\NC(=O)c2ccccc2[N+](=O)[O-])ccc1OCc1ccccc1. The minimum atomic E-state index is -0.670. The van der Waals surface area contributed by atoms with Gasteiger partial charge in [0.25, 0.3) is 11.6 Å². The Morgan fingerprint density at radius 2 is 1.77 bits per heavy atom. The molecule has 0 spiro atoms. The van der Waals surface area contributed by atoms with Crippen molar-refractivity contribution in [3.63, 3.8) is 0 Å². The third kappa shape index (κ3) is 5.89. The Bertz CT molecular complexity index is 1080. The van der Waals surface area contributed by atoms with Crippen LogP contribution in [0, 0.1) is 10.1 Å². The highest BCUT2D eigenvalue weighted by Gasteiger charge is 2.18. The highest BCUT2D eigenvalue weighted by Crippen LogP contribution is 2.29. The predicted molar refractivity (Wildman–Crippen MR) is 117 cm³/mol. The van der Waals surface area contributed by atoms with Crippen molar-refractivity contribution >= 4 is 17.8 Å². The molecule has 8 heteroatoms. The second-order valence-electron chi connectivity index (χ2n) is 6.39. The van der Waals surface area contributed by atoms with Crippen molar-refractivity contribution in [3.05, 3.63) is 99.6 Å². The minimum Gasteiger partial charge on any atom is -0.490 e. The van der Waals surface area contributed by atoms with E-state index in [1.807, 2.05) is 37.3 Å². The van der Waals surface area contributed by atoms with Crippen molar-refractivity contribution in [1.82, 2.24) is 5.43 Å². The maximum absolute atomic E-state index is 12.2. The molecular formula is C23H21N3O5.